The van der Waals surface area contributed by atoms with Gasteiger partial charge in [-0.1, -0.05) is 0 Å². The molecule has 1 rings (SSSR count). The van der Waals surface area contributed by atoms with Crippen molar-refractivity contribution in [1.29, 1.82) is 0 Å². The van der Waals surface area contributed by atoms with E-state index >= 15 is 0 Å². The van der Waals surface area contributed by atoms with Crippen molar-refractivity contribution in [3.63, 3.8) is 0 Å². The fourth-order valence-corrected chi connectivity index (χ4v) is 0.654. The highest BCUT2D eigenvalue weighted by Gasteiger charge is 2.25. The molecule has 0 bridgehead atoms. The highest BCUT2D eigenvalue weighted by Crippen LogP contribution is 2.11. The van der Waals surface area contributed by atoms with Crippen LogP contribution in [0.1, 0.15) is 6.42 Å². The molecule has 1 heterocycles. The minimum Gasteiger partial charge on any atom is -0.478 e. The number of carbonyl (C=O) groups is 3. The summed E-state index contributed by atoms with van der Waals surface area (Å²) < 4.78 is 0. The molecule has 0 aromatic rings. The lowest BCUT2D eigenvalue weighted by Gasteiger charge is -2.09. The minimum absolute atomic E-state index is 0.223. The summed E-state index contributed by atoms with van der Waals surface area (Å²) >= 11 is 0. The second-order valence-corrected chi connectivity index (χ2v) is 2.01. The van der Waals surface area contributed by atoms with Crippen LogP contribution in [0.15, 0.2) is 11.6 Å². The third kappa shape index (κ3) is 1.82. The van der Waals surface area contributed by atoms with Crippen LogP contribution in [-0.2, 0) is 24.2 Å². The molecule has 64 valence electrons. The fraction of sp³-hybridized carbons (Fsp3) is 0.167. The van der Waals surface area contributed by atoms with Gasteiger partial charge in [-0.2, -0.15) is 0 Å². The molecule has 0 spiro atoms. The Bertz CT molecular complexity index is 276. The maximum absolute atomic E-state index is 10.6. The number of hydrogen-bond donors (Lipinski definition) is 1. The van der Waals surface area contributed by atoms with Gasteiger partial charge in [0.15, 0.2) is 0 Å². The molecule has 0 unspecified atom stereocenters. The molecule has 1 fully saturated rings. The molecule has 1 aliphatic heterocycles. The summed E-state index contributed by atoms with van der Waals surface area (Å²) in [5.74, 6) is -3.05. The number of carboxylic acid groups (broad SMARTS) is 1. The second kappa shape index (κ2) is 3.04. The van der Waals surface area contributed by atoms with Gasteiger partial charge in [-0.25, -0.2) is 24.2 Å². The number of aliphatic carboxylic acids is 1. The van der Waals surface area contributed by atoms with Crippen molar-refractivity contribution in [3.05, 3.63) is 11.6 Å². The SMILES string of the molecule is O=C(O)/C=C1\CC(=O)OOC1=O. The Kier molecular flexibility index (Phi) is 2.09. The average Bonchev–Trinajstić information content (AvgIpc) is 1.96. The van der Waals surface area contributed by atoms with Crippen molar-refractivity contribution < 1.29 is 29.3 Å². The Morgan fingerprint density at radius 3 is 2.67 bits per heavy atom. The molecular weight excluding hydrogens is 168 g/mol. The summed E-state index contributed by atoms with van der Waals surface area (Å²) in [6.07, 6.45) is 0.244. The molecule has 6 nitrogen and oxygen atoms in total. The molecule has 1 N–H and O–H groups in total. The summed E-state index contributed by atoms with van der Waals surface area (Å²) in [6, 6.07) is 0. The van der Waals surface area contributed by atoms with Crippen LogP contribution in [0.5, 0.6) is 0 Å². The Morgan fingerprint density at radius 1 is 1.42 bits per heavy atom. The first kappa shape index (κ1) is 8.25. The van der Waals surface area contributed by atoms with Crippen molar-refractivity contribution in [2.24, 2.45) is 0 Å². The van der Waals surface area contributed by atoms with Crippen LogP contribution < -0.4 is 0 Å². The van der Waals surface area contributed by atoms with Crippen molar-refractivity contribution >= 4 is 17.9 Å². The van der Waals surface area contributed by atoms with Crippen molar-refractivity contribution in [2.75, 3.05) is 0 Å². The van der Waals surface area contributed by atoms with Gasteiger partial charge in [0.25, 0.3) is 0 Å². The van der Waals surface area contributed by atoms with E-state index in [9.17, 15) is 14.4 Å². The summed E-state index contributed by atoms with van der Waals surface area (Å²) in [7, 11) is 0. The van der Waals surface area contributed by atoms with E-state index in [0.717, 1.165) is 0 Å². The number of hydrogen-bond acceptors (Lipinski definition) is 5. The van der Waals surface area contributed by atoms with Gasteiger partial charge in [-0.3, -0.25) is 0 Å². The number of carbonyl (C=O) groups excluding carboxylic acids is 2. The Morgan fingerprint density at radius 2 is 2.08 bits per heavy atom. The molecule has 0 aromatic carbocycles. The number of rotatable bonds is 1. The monoisotopic (exact) mass is 172 g/mol. The van der Waals surface area contributed by atoms with E-state index in [-0.39, 0.29) is 12.0 Å². The molecule has 1 saturated heterocycles. The lowest BCUT2D eigenvalue weighted by Crippen LogP contribution is -2.22. The molecule has 12 heavy (non-hydrogen) atoms. The largest absolute Gasteiger partial charge is 0.478 e. The first-order valence-corrected chi connectivity index (χ1v) is 2.95. The van der Waals surface area contributed by atoms with Crippen molar-refractivity contribution in [1.82, 2.24) is 0 Å². The van der Waals surface area contributed by atoms with Crippen LogP contribution in [0, 0.1) is 0 Å². The van der Waals surface area contributed by atoms with Crippen LogP contribution in [-0.4, -0.2) is 23.0 Å². The highest BCUT2D eigenvalue weighted by molar-refractivity contribution is 6.00. The van der Waals surface area contributed by atoms with Gasteiger partial charge in [0.1, 0.15) is 0 Å². The predicted molar refractivity (Wildman–Crippen MR) is 32.5 cm³/mol. The average molecular weight is 172 g/mol. The zero-order valence-electron chi connectivity index (χ0n) is 5.77. The zero-order chi connectivity index (χ0) is 9.14. The normalized spacial score (nSPS) is 20.2. The fourth-order valence-electron chi connectivity index (χ4n) is 0.654. The number of carboxylic acids is 1. The Hall–Kier alpha value is -1.85. The third-order valence-corrected chi connectivity index (χ3v) is 1.10. The first-order chi connectivity index (χ1) is 5.59. The zero-order valence-corrected chi connectivity index (χ0v) is 5.77. The van der Waals surface area contributed by atoms with Crippen LogP contribution in [0.2, 0.25) is 0 Å². The van der Waals surface area contributed by atoms with Crippen LogP contribution in [0.25, 0.3) is 0 Å². The standard InChI is InChI=1S/C6H4O6/c7-4(8)1-3-2-5(9)11-12-6(3)10/h1H,2H2,(H,7,8)/b3-1+. The van der Waals surface area contributed by atoms with E-state index < -0.39 is 17.9 Å². The van der Waals surface area contributed by atoms with Crippen LogP contribution in [0.3, 0.4) is 0 Å². The van der Waals surface area contributed by atoms with Gasteiger partial charge >= 0.3 is 17.9 Å². The van der Waals surface area contributed by atoms with Gasteiger partial charge < -0.3 is 5.11 Å². The van der Waals surface area contributed by atoms with E-state index in [1.807, 2.05) is 0 Å². The molecule has 0 saturated carbocycles. The predicted octanol–water partition coefficient (Wildman–Crippen LogP) is -0.597. The van der Waals surface area contributed by atoms with E-state index in [2.05, 4.69) is 9.78 Å². The van der Waals surface area contributed by atoms with E-state index in [0.29, 0.717) is 6.08 Å². The van der Waals surface area contributed by atoms with Gasteiger partial charge in [-0.05, 0) is 0 Å². The third-order valence-electron chi connectivity index (χ3n) is 1.10. The lowest BCUT2D eigenvalue weighted by molar-refractivity contribution is -0.261. The van der Waals surface area contributed by atoms with Gasteiger partial charge in [0.2, 0.25) is 0 Å². The van der Waals surface area contributed by atoms with Gasteiger partial charge in [0, 0.05) is 6.08 Å². The summed E-state index contributed by atoms with van der Waals surface area (Å²) in [5, 5.41) is 8.23. The Labute approximate surface area is 66.3 Å². The van der Waals surface area contributed by atoms with Crippen molar-refractivity contribution in [3.8, 4) is 0 Å². The van der Waals surface area contributed by atoms with Crippen molar-refractivity contribution in [2.45, 2.75) is 6.42 Å². The molecule has 1 aliphatic rings. The molecule has 0 aromatic heterocycles. The van der Waals surface area contributed by atoms with E-state index in [1.54, 1.807) is 0 Å². The molecule has 0 amide bonds. The maximum Gasteiger partial charge on any atom is 0.383 e. The van der Waals surface area contributed by atoms with E-state index in [1.165, 1.54) is 0 Å². The summed E-state index contributed by atoms with van der Waals surface area (Å²) in [4.78, 5) is 39.0. The summed E-state index contributed by atoms with van der Waals surface area (Å²) in [6.45, 7) is 0. The highest BCUT2D eigenvalue weighted by atomic mass is 17.2. The Balaban J connectivity index is 2.80. The lowest BCUT2D eigenvalue weighted by atomic mass is 10.2. The quantitative estimate of drug-likeness (QED) is 0.419. The topological polar surface area (TPSA) is 89.9 Å². The van der Waals surface area contributed by atoms with Crippen LogP contribution in [0.4, 0.5) is 0 Å². The molecule has 0 aliphatic carbocycles. The molecule has 0 radical (unpaired) electrons. The van der Waals surface area contributed by atoms with E-state index in [4.69, 9.17) is 5.11 Å². The summed E-state index contributed by atoms with van der Waals surface area (Å²) in [5.41, 5.74) is -0.223. The minimum atomic E-state index is -1.31. The first-order valence-electron chi connectivity index (χ1n) is 2.95. The molecule has 0 atom stereocenters. The smallest absolute Gasteiger partial charge is 0.383 e. The van der Waals surface area contributed by atoms with Gasteiger partial charge in [-0.15, -0.1) is 0 Å². The van der Waals surface area contributed by atoms with Gasteiger partial charge in [0.05, 0.1) is 12.0 Å². The molecular formula is C6H4O6. The second-order valence-electron chi connectivity index (χ2n) is 2.01. The van der Waals surface area contributed by atoms with Crippen LogP contribution >= 0.6 is 0 Å². The molecule has 6 heteroatoms. The maximum atomic E-state index is 10.6.